The van der Waals surface area contributed by atoms with E-state index in [1.165, 1.54) is 0 Å². The third-order valence-electron chi connectivity index (χ3n) is 2.14. The van der Waals surface area contributed by atoms with Crippen LogP contribution in [0.2, 0.25) is 0 Å². The summed E-state index contributed by atoms with van der Waals surface area (Å²) in [6.45, 7) is 0. The van der Waals surface area contributed by atoms with Crippen molar-refractivity contribution in [2.24, 2.45) is 0 Å². The van der Waals surface area contributed by atoms with E-state index in [0.717, 1.165) is 5.69 Å². The lowest BCUT2D eigenvalue weighted by Crippen LogP contribution is -2.05. The van der Waals surface area contributed by atoms with Crippen LogP contribution in [0.1, 0.15) is 10.5 Å². The van der Waals surface area contributed by atoms with E-state index in [1.807, 2.05) is 0 Å². The third kappa shape index (κ3) is 1.69. The topological polar surface area (TPSA) is 68.2 Å². The Balaban J connectivity index is 2.49. The molecule has 2 aromatic rings. The predicted octanol–water partition coefficient (Wildman–Crippen LogP) is 1.76. The first-order valence-corrected chi connectivity index (χ1v) is 4.45. The van der Waals surface area contributed by atoms with Gasteiger partial charge in [-0.2, -0.15) is 0 Å². The second-order valence-electron chi connectivity index (χ2n) is 3.16. The van der Waals surface area contributed by atoms with Crippen molar-refractivity contribution < 1.29 is 9.90 Å². The van der Waals surface area contributed by atoms with Crippen LogP contribution in [0, 0.1) is 0 Å². The van der Waals surface area contributed by atoms with Crippen molar-refractivity contribution in [1.29, 1.82) is 0 Å². The largest absolute Gasteiger partial charge is 0.477 e. The molecule has 0 aliphatic carbocycles. The SMILES string of the molecule is Nc1ccc(-n2cccc2C(=O)O)cc1. The molecule has 0 aliphatic heterocycles. The van der Waals surface area contributed by atoms with Gasteiger partial charge in [0.2, 0.25) is 0 Å². The predicted molar refractivity (Wildman–Crippen MR) is 57.1 cm³/mol. The molecule has 0 aliphatic rings. The number of rotatable bonds is 2. The summed E-state index contributed by atoms with van der Waals surface area (Å²) in [6.07, 6.45) is 1.70. The molecule has 1 aromatic carbocycles. The lowest BCUT2D eigenvalue weighted by molar-refractivity contribution is 0.0688. The summed E-state index contributed by atoms with van der Waals surface area (Å²) < 4.78 is 1.60. The number of nitrogens with zero attached hydrogens (tertiary/aromatic N) is 1. The van der Waals surface area contributed by atoms with Gasteiger partial charge >= 0.3 is 5.97 Å². The number of carbonyl (C=O) groups is 1. The molecule has 0 amide bonds. The molecule has 2 rings (SSSR count). The van der Waals surface area contributed by atoms with Crippen LogP contribution in [0.15, 0.2) is 42.6 Å². The minimum atomic E-state index is -0.947. The first-order valence-electron chi connectivity index (χ1n) is 4.45. The normalized spacial score (nSPS) is 10.1. The van der Waals surface area contributed by atoms with E-state index in [9.17, 15) is 4.79 Å². The van der Waals surface area contributed by atoms with Gasteiger partial charge in [0.05, 0.1) is 0 Å². The van der Waals surface area contributed by atoms with Gasteiger partial charge in [-0.3, -0.25) is 0 Å². The summed E-state index contributed by atoms with van der Waals surface area (Å²) in [5, 5.41) is 8.92. The van der Waals surface area contributed by atoms with Crippen molar-refractivity contribution in [1.82, 2.24) is 4.57 Å². The van der Waals surface area contributed by atoms with Gasteiger partial charge in [-0.1, -0.05) is 0 Å². The molecule has 0 spiro atoms. The number of aromatic nitrogens is 1. The molecule has 76 valence electrons. The number of nitrogen functional groups attached to an aromatic ring is 1. The van der Waals surface area contributed by atoms with Crippen molar-refractivity contribution in [3.8, 4) is 5.69 Å². The molecule has 1 heterocycles. The fourth-order valence-electron chi connectivity index (χ4n) is 1.42. The molecular formula is C11H10N2O2. The average molecular weight is 202 g/mol. The van der Waals surface area contributed by atoms with Crippen LogP contribution >= 0.6 is 0 Å². The summed E-state index contributed by atoms with van der Waals surface area (Å²) in [5.74, 6) is -0.947. The maximum absolute atomic E-state index is 10.9. The molecule has 0 unspecified atom stereocenters. The van der Waals surface area contributed by atoms with E-state index >= 15 is 0 Å². The van der Waals surface area contributed by atoms with Gasteiger partial charge in [0, 0.05) is 17.6 Å². The Hall–Kier alpha value is -2.23. The van der Waals surface area contributed by atoms with Gasteiger partial charge in [-0.25, -0.2) is 4.79 Å². The summed E-state index contributed by atoms with van der Waals surface area (Å²) in [6, 6.07) is 10.3. The second kappa shape index (κ2) is 3.49. The second-order valence-corrected chi connectivity index (χ2v) is 3.16. The molecular weight excluding hydrogens is 192 g/mol. The zero-order valence-electron chi connectivity index (χ0n) is 7.92. The van der Waals surface area contributed by atoms with Crippen LogP contribution in [0.25, 0.3) is 5.69 Å². The molecule has 0 saturated carbocycles. The number of hydrogen-bond acceptors (Lipinski definition) is 2. The van der Waals surface area contributed by atoms with Crippen LogP contribution in [0.3, 0.4) is 0 Å². The van der Waals surface area contributed by atoms with Crippen LogP contribution in [0.4, 0.5) is 5.69 Å². The maximum Gasteiger partial charge on any atom is 0.352 e. The monoisotopic (exact) mass is 202 g/mol. The Morgan fingerprint density at radius 1 is 1.20 bits per heavy atom. The molecule has 4 nitrogen and oxygen atoms in total. The van der Waals surface area contributed by atoms with Crippen molar-refractivity contribution in [3.05, 3.63) is 48.3 Å². The average Bonchev–Trinajstić information content (AvgIpc) is 2.67. The van der Waals surface area contributed by atoms with Gasteiger partial charge in [0.1, 0.15) is 5.69 Å². The molecule has 4 heteroatoms. The molecule has 0 bridgehead atoms. The first kappa shape index (κ1) is 9.33. The van der Waals surface area contributed by atoms with E-state index in [2.05, 4.69) is 0 Å². The van der Waals surface area contributed by atoms with Crippen LogP contribution in [-0.4, -0.2) is 15.6 Å². The van der Waals surface area contributed by atoms with E-state index < -0.39 is 5.97 Å². The van der Waals surface area contributed by atoms with Gasteiger partial charge in [0.15, 0.2) is 0 Å². The minimum absolute atomic E-state index is 0.236. The van der Waals surface area contributed by atoms with E-state index in [1.54, 1.807) is 47.2 Å². The van der Waals surface area contributed by atoms with Crippen molar-refractivity contribution in [3.63, 3.8) is 0 Å². The zero-order valence-corrected chi connectivity index (χ0v) is 7.92. The number of carboxylic acid groups (broad SMARTS) is 1. The Bertz CT molecular complexity index is 486. The highest BCUT2D eigenvalue weighted by Crippen LogP contribution is 2.14. The van der Waals surface area contributed by atoms with E-state index in [4.69, 9.17) is 10.8 Å². The van der Waals surface area contributed by atoms with Crippen LogP contribution < -0.4 is 5.73 Å². The summed E-state index contributed by atoms with van der Waals surface area (Å²) in [5.41, 5.74) is 7.23. The molecule has 0 saturated heterocycles. The quantitative estimate of drug-likeness (QED) is 0.729. The number of carboxylic acids is 1. The Labute approximate surface area is 86.6 Å². The molecule has 0 radical (unpaired) electrons. The fraction of sp³-hybridized carbons (Fsp3) is 0. The van der Waals surface area contributed by atoms with Crippen LogP contribution in [0.5, 0.6) is 0 Å². The highest BCUT2D eigenvalue weighted by Gasteiger charge is 2.09. The summed E-state index contributed by atoms with van der Waals surface area (Å²) >= 11 is 0. The third-order valence-corrected chi connectivity index (χ3v) is 2.14. The highest BCUT2D eigenvalue weighted by atomic mass is 16.4. The minimum Gasteiger partial charge on any atom is -0.477 e. The number of benzene rings is 1. The van der Waals surface area contributed by atoms with Crippen molar-refractivity contribution >= 4 is 11.7 Å². The van der Waals surface area contributed by atoms with Gasteiger partial charge in [-0.15, -0.1) is 0 Å². The lowest BCUT2D eigenvalue weighted by atomic mass is 10.3. The van der Waals surface area contributed by atoms with E-state index in [0.29, 0.717) is 5.69 Å². The number of anilines is 1. The molecule has 15 heavy (non-hydrogen) atoms. The molecule has 0 fully saturated rings. The molecule has 1 aromatic heterocycles. The summed E-state index contributed by atoms with van der Waals surface area (Å²) in [7, 11) is 0. The van der Waals surface area contributed by atoms with Gasteiger partial charge < -0.3 is 15.4 Å². The maximum atomic E-state index is 10.9. The Kier molecular flexibility index (Phi) is 2.17. The Morgan fingerprint density at radius 3 is 2.47 bits per heavy atom. The van der Waals surface area contributed by atoms with Gasteiger partial charge in [-0.05, 0) is 36.4 Å². The van der Waals surface area contributed by atoms with Crippen molar-refractivity contribution in [2.75, 3.05) is 5.73 Å². The molecule has 3 N–H and O–H groups in total. The lowest BCUT2D eigenvalue weighted by Gasteiger charge is -2.06. The number of aromatic carboxylic acids is 1. The number of nitrogens with two attached hydrogens (primary N) is 1. The smallest absolute Gasteiger partial charge is 0.352 e. The fourth-order valence-corrected chi connectivity index (χ4v) is 1.42. The number of hydrogen-bond donors (Lipinski definition) is 2. The zero-order chi connectivity index (χ0) is 10.8. The van der Waals surface area contributed by atoms with Gasteiger partial charge in [0.25, 0.3) is 0 Å². The standard InChI is InChI=1S/C11H10N2O2/c12-8-3-5-9(6-4-8)13-7-1-2-10(13)11(14)15/h1-7H,12H2,(H,14,15). The summed E-state index contributed by atoms with van der Waals surface area (Å²) in [4.78, 5) is 10.9. The van der Waals surface area contributed by atoms with Crippen molar-refractivity contribution in [2.45, 2.75) is 0 Å². The molecule has 0 atom stereocenters. The Morgan fingerprint density at radius 2 is 1.87 bits per heavy atom. The van der Waals surface area contributed by atoms with Crippen LogP contribution in [-0.2, 0) is 0 Å². The first-order chi connectivity index (χ1) is 7.18. The van der Waals surface area contributed by atoms with E-state index in [-0.39, 0.29) is 5.69 Å². The highest BCUT2D eigenvalue weighted by molar-refractivity contribution is 5.86.